The van der Waals surface area contributed by atoms with Gasteiger partial charge in [0.2, 0.25) is 5.91 Å². The second-order valence-electron chi connectivity index (χ2n) is 5.50. The van der Waals surface area contributed by atoms with Gasteiger partial charge in [-0.15, -0.1) is 11.3 Å². The lowest BCUT2D eigenvalue weighted by molar-refractivity contribution is -0.153. The monoisotopic (exact) mass is 295 g/mol. The first-order valence-corrected chi connectivity index (χ1v) is 8.00. The van der Waals surface area contributed by atoms with Crippen LogP contribution in [0.5, 0.6) is 0 Å². The van der Waals surface area contributed by atoms with Gasteiger partial charge in [-0.05, 0) is 43.0 Å². The van der Waals surface area contributed by atoms with Crippen LogP contribution in [0.15, 0.2) is 17.5 Å². The molecule has 1 aliphatic rings. The fourth-order valence-corrected chi connectivity index (χ4v) is 3.44. The van der Waals surface area contributed by atoms with Crippen LogP contribution in [0.1, 0.15) is 37.5 Å². The Morgan fingerprint density at radius 3 is 2.95 bits per heavy atom. The largest absolute Gasteiger partial charge is 0.480 e. The molecule has 1 amide bonds. The van der Waals surface area contributed by atoms with Crippen LogP contribution in [0.25, 0.3) is 0 Å². The first-order valence-electron chi connectivity index (χ1n) is 7.12. The molecule has 20 heavy (non-hydrogen) atoms. The van der Waals surface area contributed by atoms with E-state index >= 15 is 0 Å². The van der Waals surface area contributed by atoms with E-state index in [9.17, 15) is 14.7 Å². The Hall–Kier alpha value is -1.36. The summed E-state index contributed by atoms with van der Waals surface area (Å²) in [6.07, 6.45) is 3.60. The molecule has 2 rings (SSSR count). The zero-order chi connectivity index (χ0) is 14.5. The molecule has 0 aliphatic carbocycles. The average Bonchev–Trinajstić information content (AvgIpc) is 2.91. The van der Waals surface area contributed by atoms with Crippen molar-refractivity contribution in [3.63, 3.8) is 0 Å². The maximum absolute atomic E-state index is 12.2. The summed E-state index contributed by atoms with van der Waals surface area (Å²) in [6.45, 7) is 2.63. The number of thiophene rings is 1. The SMILES string of the molecule is CC1CCN(C(=O)CCCc2cccs2)C(C(=O)O)C1. The number of nitrogens with zero attached hydrogens (tertiary/aromatic N) is 1. The Bertz CT molecular complexity index is 458. The van der Waals surface area contributed by atoms with E-state index in [1.165, 1.54) is 4.88 Å². The highest BCUT2D eigenvalue weighted by atomic mass is 32.1. The van der Waals surface area contributed by atoms with E-state index in [1.807, 2.05) is 11.4 Å². The Labute approximate surface area is 123 Å². The van der Waals surface area contributed by atoms with Gasteiger partial charge >= 0.3 is 5.97 Å². The normalized spacial score (nSPS) is 22.8. The molecule has 1 N–H and O–H groups in total. The van der Waals surface area contributed by atoms with Gasteiger partial charge in [-0.3, -0.25) is 4.79 Å². The Morgan fingerprint density at radius 2 is 2.30 bits per heavy atom. The first-order chi connectivity index (χ1) is 9.58. The zero-order valence-corrected chi connectivity index (χ0v) is 12.6. The minimum atomic E-state index is -0.872. The van der Waals surface area contributed by atoms with Crippen LogP contribution >= 0.6 is 11.3 Å². The molecule has 0 spiro atoms. The third-order valence-corrected chi connectivity index (χ3v) is 4.80. The standard InChI is InChI=1S/C15H21NO3S/c1-11-7-8-16(13(10-11)15(18)19)14(17)6-2-4-12-5-3-9-20-12/h3,5,9,11,13H,2,4,6-8,10H2,1H3,(H,18,19). The maximum atomic E-state index is 12.2. The smallest absolute Gasteiger partial charge is 0.326 e. The molecule has 1 saturated heterocycles. The number of rotatable bonds is 5. The van der Waals surface area contributed by atoms with Crippen LogP contribution in [0.3, 0.4) is 0 Å². The lowest BCUT2D eigenvalue weighted by Gasteiger charge is -2.36. The second-order valence-corrected chi connectivity index (χ2v) is 6.54. The molecule has 1 aromatic rings. The van der Waals surface area contributed by atoms with Crippen LogP contribution in [0.2, 0.25) is 0 Å². The van der Waals surface area contributed by atoms with Crippen LogP contribution in [0, 0.1) is 5.92 Å². The number of carboxylic acid groups (broad SMARTS) is 1. The van der Waals surface area contributed by atoms with Crippen molar-refractivity contribution in [3.8, 4) is 0 Å². The van der Waals surface area contributed by atoms with Crippen molar-refractivity contribution in [1.29, 1.82) is 0 Å². The molecular weight excluding hydrogens is 274 g/mol. The molecule has 2 unspecified atom stereocenters. The fourth-order valence-electron chi connectivity index (χ4n) is 2.69. The molecule has 0 bridgehead atoms. The number of carbonyl (C=O) groups is 2. The molecule has 2 heterocycles. The summed E-state index contributed by atoms with van der Waals surface area (Å²) < 4.78 is 0. The van der Waals surface area contributed by atoms with Gasteiger partial charge in [0.25, 0.3) is 0 Å². The summed E-state index contributed by atoms with van der Waals surface area (Å²) in [5, 5.41) is 11.3. The molecular formula is C15H21NO3S. The number of carboxylic acids is 1. The third-order valence-electron chi connectivity index (χ3n) is 3.86. The van der Waals surface area contributed by atoms with Gasteiger partial charge in [-0.25, -0.2) is 4.79 Å². The van der Waals surface area contributed by atoms with Gasteiger partial charge in [0.1, 0.15) is 6.04 Å². The van der Waals surface area contributed by atoms with Crippen LogP contribution in [-0.4, -0.2) is 34.5 Å². The fraction of sp³-hybridized carbons (Fsp3) is 0.600. The van der Waals surface area contributed by atoms with Crippen molar-refractivity contribution in [2.45, 2.75) is 45.1 Å². The summed E-state index contributed by atoms with van der Waals surface area (Å²) in [4.78, 5) is 26.3. The minimum Gasteiger partial charge on any atom is -0.480 e. The highest BCUT2D eigenvalue weighted by molar-refractivity contribution is 7.09. The topological polar surface area (TPSA) is 57.6 Å². The molecule has 1 fully saturated rings. The second kappa shape index (κ2) is 6.88. The van der Waals surface area contributed by atoms with Crippen LogP contribution < -0.4 is 0 Å². The quantitative estimate of drug-likeness (QED) is 0.908. The predicted octanol–water partition coefficient (Wildman–Crippen LogP) is 2.78. The summed E-state index contributed by atoms with van der Waals surface area (Å²) >= 11 is 1.70. The minimum absolute atomic E-state index is 0.0131. The number of hydrogen-bond donors (Lipinski definition) is 1. The van der Waals surface area contributed by atoms with Crippen molar-refractivity contribution < 1.29 is 14.7 Å². The van der Waals surface area contributed by atoms with E-state index < -0.39 is 12.0 Å². The molecule has 5 heteroatoms. The van der Waals surface area contributed by atoms with Gasteiger partial charge < -0.3 is 10.0 Å². The highest BCUT2D eigenvalue weighted by Crippen LogP contribution is 2.24. The van der Waals surface area contributed by atoms with Crippen molar-refractivity contribution in [1.82, 2.24) is 4.90 Å². The summed E-state index contributed by atoms with van der Waals surface area (Å²) in [6, 6.07) is 3.44. The Balaban J connectivity index is 1.85. The molecule has 0 aromatic carbocycles. The van der Waals surface area contributed by atoms with Gasteiger partial charge in [-0.1, -0.05) is 13.0 Å². The van der Waals surface area contributed by atoms with E-state index in [2.05, 4.69) is 13.0 Å². The van der Waals surface area contributed by atoms with Gasteiger partial charge in [0.05, 0.1) is 0 Å². The van der Waals surface area contributed by atoms with E-state index in [4.69, 9.17) is 0 Å². The van der Waals surface area contributed by atoms with Crippen LogP contribution in [-0.2, 0) is 16.0 Å². The number of likely N-dealkylation sites (tertiary alicyclic amines) is 1. The third kappa shape index (κ3) is 3.82. The molecule has 1 aromatic heterocycles. The van der Waals surface area contributed by atoms with E-state index in [-0.39, 0.29) is 5.91 Å². The number of amides is 1. The van der Waals surface area contributed by atoms with Crippen molar-refractivity contribution in [2.24, 2.45) is 5.92 Å². The van der Waals surface area contributed by atoms with E-state index in [0.717, 1.165) is 19.3 Å². The molecule has 110 valence electrons. The number of carbonyl (C=O) groups excluding carboxylic acids is 1. The summed E-state index contributed by atoms with van der Waals surface area (Å²) in [5.41, 5.74) is 0. The summed E-state index contributed by atoms with van der Waals surface area (Å²) in [7, 11) is 0. The zero-order valence-electron chi connectivity index (χ0n) is 11.7. The predicted molar refractivity (Wildman–Crippen MR) is 78.8 cm³/mol. The highest BCUT2D eigenvalue weighted by Gasteiger charge is 2.34. The molecule has 4 nitrogen and oxygen atoms in total. The van der Waals surface area contributed by atoms with Crippen molar-refractivity contribution in [3.05, 3.63) is 22.4 Å². The van der Waals surface area contributed by atoms with E-state index in [0.29, 0.717) is 25.3 Å². The average molecular weight is 295 g/mol. The summed E-state index contributed by atoms with van der Waals surface area (Å²) in [5.74, 6) is -0.504. The Morgan fingerprint density at radius 1 is 1.50 bits per heavy atom. The number of aliphatic carboxylic acids is 1. The first kappa shape index (κ1) is 15.0. The molecule has 0 radical (unpaired) electrons. The lowest BCUT2D eigenvalue weighted by atomic mass is 9.92. The van der Waals surface area contributed by atoms with E-state index in [1.54, 1.807) is 16.2 Å². The molecule has 2 atom stereocenters. The molecule has 0 saturated carbocycles. The Kier molecular flexibility index (Phi) is 5.17. The maximum Gasteiger partial charge on any atom is 0.326 e. The van der Waals surface area contributed by atoms with Gasteiger partial charge in [0.15, 0.2) is 0 Å². The van der Waals surface area contributed by atoms with Gasteiger partial charge in [0, 0.05) is 17.8 Å². The molecule has 1 aliphatic heterocycles. The lowest BCUT2D eigenvalue weighted by Crippen LogP contribution is -2.49. The van der Waals surface area contributed by atoms with Crippen LogP contribution in [0.4, 0.5) is 0 Å². The number of piperidine rings is 1. The number of aryl methyl sites for hydroxylation is 1. The number of hydrogen-bond acceptors (Lipinski definition) is 3. The van der Waals surface area contributed by atoms with Gasteiger partial charge in [-0.2, -0.15) is 0 Å². The van der Waals surface area contributed by atoms with Crippen molar-refractivity contribution in [2.75, 3.05) is 6.54 Å². The van der Waals surface area contributed by atoms with Crippen molar-refractivity contribution >= 4 is 23.2 Å².